The quantitative estimate of drug-likeness (QED) is 0.694. The van der Waals surface area contributed by atoms with Crippen LogP contribution in [-0.2, 0) is 0 Å². The van der Waals surface area contributed by atoms with Gasteiger partial charge in [0.1, 0.15) is 5.82 Å². The molecule has 0 saturated carbocycles. The van der Waals surface area contributed by atoms with Crippen molar-refractivity contribution in [2.24, 2.45) is 0 Å². The second-order valence-electron chi connectivity index (χ2n) is 2.82. The maximum absolute atomic E-state index is 12.6. The number of carbonyl (C=O) groups excluding carboxylic acids is 1. The molecule has 0 amide bonds. The van der Waals surface area contributed by atoms with Gasteiger partial charge in [0.05, 0.1) is 11.9 Å². The van der Waals surface area contributed by atoms with Crippen LogP contribution in [0.2, 0.25) is 0 Å². The second-order valence-corrected chi connectivity index (χ2v) is 2.82. The van der Waals surface area contributed by atoms with E-state index in [0.29, 0.717) is 17.5 Å². The van der Waals surface area contributed by atoms with Crippen LogP contribution in [0.3, 0.4) is 0 Å². The van der Waals surface area contributed by atoms with Gasteiger partial charge in [-0.2, -0.15) is 5.10 Å². The third-order valence-electron chi connectivity index (χ3n) is 1.82. The van der Waals surface area contributed by atoms with Crippen molar-refractivity contribution in [2.75, 3.05) is 0 Å². The number of hydrogen-bond acceptors (Lipinski definition) is 4. The van der Waals surface area contributed by atoms with E-state index in [1.54, 1.807) is 12.1 Å². The van der Waals surface area contributed by atoms with Gasteiger partial charge >= 0.3 is 0 Å². The van der Waals surface area contributed by atoms with Gasteiger partial charge in [-0.05, 0) is 24.3 Å². The van der Waals surface area contributed by atoms with E-state index >= 15 is 0 Å². The SMILES string of the molecule is O=Cc1nncc(-c2ccc(F)cc2)n1. The van der Waals surface area contributed by atoms with Gasteiger partial charge in [-0.15, -0.1) is 5.10 Å². The van der Waals surface area contributed by atoms with E-state index in [0.717, 1.165) is 0 Å². The fraction of sp³-hybridized carbons (Fsp3) is 0. The first-order valence-corrected chi connectivity index (χ1v) is 4.20. The number of nitrogens with zero attached hydrogens (tertiary/aromatic N) is 3. The molecule has 0 N–H and O–H groups in total. The molecule has 4 nitrogen and oxygen atoms in total. The largest absolute Gasteiger partial charge is 0.294 e. The average molecular weight is 203 g/mol. The summed E-state index contributed by atoms with van der Waals surface area (Å²) in [5.74, 6) is -0.312. The minimum Gasteiger partial charge on any atom is -0.294 e. The first kappa shape index (κ1) is 9.39. The molecule has 0 saturated heterocycles. The van der Waals surface area contributed by atoms with Crippen LogP contribution in [-0.4, -0.2) is 21.5 Å². The minimum atomic E-state index is -0.323. The number of aromatic nitrogens is 3. The topological polar surface area (TPSA) is 55.7 Å². The van der Waals surface area contributed by atoms with Crippen molar-refractivity contribution in [2.45, 2.75) is 0 Å². The fourth-order valence-electron chi connectivity index (χ4n) is 1.13. The van der Waals surface area contributed by atoms with Crippen LogP contribution in [0.25, 0.3) is 11.3 Å². The van der Waals surface area contributed by atoms with E-state index in [1.807, 2.05) is 0 Å². The summed E-state index contributed by atoms with van der Waals surface area (Å²) in [6, 6.07) is 5.76. The molecule has 1 heterocycles. The molecule has 15 heavy (non-hydrogen) atoms. The van der Waals surface area contributed by atoms with Gasteiger partial charge in [-0.1, -0.05) is 0 Å². The highest BCUT2D eigenvalue weighted by atomic mass is 19.1. The highest BCUT2D eigenvalue weighted by Gasteiger charge is 2.02. The zero-order chi connectivity index (χ0) is 10.7. The van der Waals surface area contributed by atoms with Gasteiger partial charge in [-0.25, -0.2) is 9.37 Å². The molecule has 1 aromatic heterocycles. The summed E-state index contributed by atoms with van der Waals surface area (Å²) < 4.78 is 12.6. The maximum atomic E-state index is 12.6. The van der Waals surface area contributed by atoms with Crippen LogP contribution >= 0.6 is 0 Å². The van der Waals surface area contributed by atoms with E-state index in [9.17, 15) is 9.18 Å². The lowest BCUT2D eigenvalue weighted by atomic mass is 10.2. The van der Waals surface area contributed by atoms with E-state index in [-0.39, 0.29) is 11.6 Å². The molecule has 74 valence electrons. The first-order valence-electron chi connectivity index (χ1n) is 4.20. The van der Waals surface area contributed by atoms with Crippen molar-refractivity contribution < 1.29 is 9.18 Å². The van der Waals surface area contributed by atoms with Crippen LogP contribution in [0.4, 0.5) is 4.39 Å². The molecule has 0 radical (unpaired) electrons. The van der Waals surface area contributed by atoms with Crippen LogP contribution in [0.1, 0.15) is 10.6 Å². The lowest BCUT2D eigenvalue weighted by Gasteiger charge is -1.99. The molecule has 0 bridgehead atoms. The van der Waals surface area contributed by atoms with Gasteiger partial charge < -0.3 is 0 Å². The molecule has 0 spiro atoms. The van der Waals surface area contributed by atoms with Crippen molar-refractivity contribution >= 4 is 6.29 Å². The number of rotatable bonds is 2. The summed E-state index contributed by atoms with van der Waals surface area (Å²) in [5.41, 5.74) is 1.18. The predicted octanol–water partition coefficient (Wildman–Crippen LogP) is 1.49. The zero-order valence-corrected chi connectivity index (χ0v) is 7.59. The number of aldehydes is 1. The van der Waals surface area contributed by atoms with Crippen molar-refractivity contribution in [3.63, 3.8) is 0 Å². The Morgan fingerprint density at radius 1 is 1.20 bits per heavy atom. The Balaban J connectivity index is 2.44. The Kier molecular flexibility index (Phi) is 2.45. The van der Waals surface area contributed by atoms with Crippen LogP contribution < -0.4 is 0 Å². The molecule has 2 aromatic rings. The lowest BCUT2D eigenvalue weighted by Crippen LogP contribution is -1.97. The Morgan fingerprint density at radius 3 is 2.60 bits per heavy atom. The van der Waals surface area contributed by atoms with Crippen LogP contribution in [0, 0.1) is 5.82 Å². The Hall–Kier alpha value is -2.17. The van der Waals surface area contributed by atoms with Gasteiger partial charge in [-0.3, -0.25) is 4.79 Å². The number of halogens is 1. The van der Waals surface area contributed by atoms with Crippen LogP contribution in [0.5, 0.6) is 0 Å². The minimum absolute atomic E-state index is 0.0109. The number of carbonyl (C=O) groups is 1. The van der Waals surface area contributed by atoms with E-state index in [4.69, 9.17) is 0 Å². The summed E-state index contributed by atoms with van der Waals surface area (Å²) in [6.07, 6.45) is 1.93. The molecule has 2 rings (SSSR count). The summed E-state index contributed by atoms with van der Waals surface area (Å²) in [7, 11) is 0. The Labute approximate surface area is 84.8 Å². The number of benzene rings is 1. The molecular formula is C10H6FN3O. The lowest BCUT2D eigenvalue weighted by molar-refractivity contribution is 0.111. The monoisotopic (exact) mass is 203 g/mol. The second kappa shape index (κ2) is 3.91. The fourth-order valence-corrected chi connectivity index (χ4v) is 1.13. The molecule has 0 aliphatic carbocycles. The first-order chi connectivity index (χ1) is 7.29. The Morgan fingerprint density at radius 2 is 1.93 bits per heavy atom. The summed E-state index contributed by atoms with van der Waals surface area (Å²) >= 11 is 0. The summed E-state index contributed by atoms with van der Waals surface area (Å²) in [4.78, 5) is 14.3. The summed E-state index contributed by atoms with van der Waals surface area (Å²) in [5, 5.41) is 7.11. The average Bonchev–Trinajstić information content (AvgIpc) is 2.30. The van der Waals surface area contributed by atoms with E-state index < -0.39 is 0 Å². The molecule has 1 aromatic carbocycles. The zero-order valence-electron chi connectivity index (χ0n) is 7.59. The van der Waals surface area contributed by atoms with Crippen LogP contribution in [0.15, 0.2) is 30.5 Å². The third kappa shape index (κ3) is 2.01. The Bertz CT molecular complexity index is 484. The molecule has 0 unspecified atom stereocenters. The van der Waals surface area contributed by atoms with Gasteiger partial charge in [0.15, 0.2) is 6.29 Å². The van der Waals surface area contributed by atoms with Crippen molar-refractivity contribution in [1.82, 2.24) is 15.2 Å². The normalized spacial score (nSPS) is 9.93. The highest BCUT2D eigenvalue weighted by molar-refractivity contribution is 5.70. The van der Waals surface area contributed by atoms with Gasteiger partial charge in [0, 0.05) is 5.56 Å². The molecule has 5 heteroatoms. The standard InChI is InChI=1S/C10H6FN3O/c11-8-3-1-7(2-4-8)9-5-12-14-10(6-15)13-9/h1-6H. The summed E-state index contributed by atoms with van der Waals surface area (Å²) in [6.45, 7) is 0. The smallest absolute Gasteiger partial charge is 0.215 e. The predicted molar refractivity (Wildman–Crippen MR) is 50.6 cm³/mol. The third-order valence-corrected chi connectivity index (χ3v) is 1.82. The maximum Gasteiger partial charge on any atom is 0.215 e. The van der Waals surface area contributed by atoms with Crippen molar-refractivity contribution in [1.29, 1.82) is 0 Å². The van der Waals surface area contributed by atoms with E-state index in [2.05, 4.69) is 15.2 Å². The van der Waals surface area contributed by atoms with Crippen molar-refractivity contribution in [3.8, 4) is 11.3 Å². The number of hydrogen-bond donors (Lipinski definition) is 0. The molecule has 0 aliphatic heterocycles. The van der Waals surface area contributed by atoms with E-state index in [1.165, 1.54) is 18.3 Å². The van der Waals surface area contributed by atoms with Crippen molar-refractivity contribution in [3.05, 3.63) is 42.1 Å². The van der Waals surface area contributed by atoms with Gasteiger partial charge in [0.25, 0.3) is 0 Å². The molecule has 0 atom stereocenters. The molecular weight excluding hydrogens is 197 g/mol. The van der Waals surface area contributed by atoms with Gasteiger partial charge in [0.2, 0.25) is 5.82 Å². The highest BCUT2D eigenvalue weighted by Crippen LogP contribution is 2.15. The molecule has 0 aliphatic rings. The molecule has 0 fully saturated rings.